The highest BCUT2D eigenvalue weighted by Gasteiger charge is 2.34. The zero-order valence-corrected chi connectivity index (χ0v) is 26.0. The van der Waals surface area contributed by atoms with E-state index < -0.39 is 45.2 Å². The van der Waals surface area contributed by atoms with Gasteiger partial charge in [0.15, 0.2) is 0 Å². The highest BCUT2D eigenvalue weighted by atomic mass is 32.2. The summed E-state index contributed by atoms with van der Waals surface area (Å²) < 4.78 is 47.8. The van der Waals surface area contributed by atoms with Crippen molar-refractivity contribution in [2.45, 2.75) is 57.5 Å². The summed E-state index contributed by atoms with van der Waals surface area (Å²) in [5.74, 6) is -1.13. The van der Waals surface area contributed by atoms with Crippen molar-refractivity contribution in [3.8, 4) is 5.75 Å². The van der Waals surface area contributed by atoms with E-state index in [0.717, 1.165) is 23.2 Å². The average Bonchev–Trinajstić information content (AvgIpc) is 3.00. The molecule has 0 spiro atoms. The van der Waals surface area contributed by atoms with Gasteiger partial charge >= 0.3 is 0 Å². The SMILES string of the molecule is CCCCNC(=O)C(CC)N(Cc1ccc(F)cc1)C(=O)CN(c1ccc(OC)cc1)S(=O)(=O)c1ccc(C)c([N+](=O)[O-])c1. The van der Waals surface area contributed by atoms with Crippen molar-refractivity contribution in [2.24, 2.45) is 0 Å². The number of aryl methyl sites for hydroxylation is 1. The molecule has 3 rings (SSSR count). The van der Waals surface area contributed by atoms with Gasteiger partial charge in [-0.1, -0.05) is 38.5 Å². The standard InChI is InChI=1S/C31H37FN4O7S/c1-5-7-18-33-31(38)28(6-2)34(20-23-9-11-24(32)12-10-23)30(37)21-35(25-13-15-26(43-4)16-14-25)44(41,42)27-17-8-22(3)29(19-27)36(39)40/h8-17,19,28H,5-7,18,20-21H2,1-4H3,(H,33,38). The Morgan fingerprint density at radius 3 is 2.27 bits per heavy atom. The Hall–Kier alpha value is -4.52. The van der Waals surface area contributed by atoms with E-state index in [4.69, 9.17) is 4.74 Å². The van der Waals surface area contributed by atoms with Gasteiger partial charge in [0, 0.05) is 24.7 Å². The van der Waals surface area contributed by atoms with Crippen LogP contribution in [0.25, 0.3) is 0 Å². The van der Waals surface area contributed by atoms with Crippen LogP contribution in [-0.2, 0) is 26.2 Å². The molecule has 0 saturated heterocycles. The number of nitro benzene ring substituents is 1. The first-order valence-corrected chi connectivity index (χ1v) is 15.6. The number of amides is 2. The van der Waals surface area contributed by atoms with Gasteiger partial charge in [-0.15, -0.1) is 0 Å². The van der Waals surface area contributed by atoms with E-state index in [1.54, 1.807) is 6.92 Å². The number of halogens is 1. The molecule has 3 aromatic carbocycles. The summed E-state index contributed by atoms with van der Waals surface area (Å²) in [5, 5.41) is 14.4. The van der Waals surface area contributed by atoms with Crippen LogP contribution in [0.2, 0.25) is 0 Å². The molecule has 44 heavy (non-hydrogen) atoms. The number of nitro groups is 1. The van der Waals surface area contributed by atoms with Crippen molar-refractivity contribution >= 4 is 33.2 Å². The number of rotatable bonds is 15. The minimum absolute atomic E-state index is 0.0919. The van der Waals surface area contributed by atoms with Crippen LogP contribution in [-0.4, -0.2) is 56.3 Å². The third-order valence-corrected chi connectivity index (χ3v) is 8.86. The second-order valence-corrected chi connectivity index (χ2v) is 12.0. The number of ether oxygens (including phenoxy) is 1. The molecule has 11 nitrogen and oxygen atoms in total. The molecule has 3 aromatic rings. The number of benzene rings is 3. The highest BCUT2D eigenvalue weighted by molar-refractivity contribution is 7.92. The van der Waals surface area contributed by atoms with Crippen LogP contribution in [0.15, 0.2) is 71.6 Å². The molecule has 0 aliphatic carbocycles. The van der Waals surface area contributed by atoms with Crippen LogP contribution >= 0.6 is 0 Å². The first kappa shape index (κ1) is 34.0. The predicted molar refractivity (Wildman–Crippen MR) is 164 cm³/mol. The Labute approximate surface area is 256 Å². The summed E-state index contributed by atoms with van der Waals surface area (Å²) in [4.78, 5) is 39.2. The fraction of sp³-hybridized carbons (Fsp3) is 0.355. The first-order valence-electron chi connectivity index (χ1n) is 14.2. The van der Waals surface area contributed by atoms with Gasteiger partial charge < -0.3 is 15.0 Å². The van der Waals surface area contributed by atoms with E-state index in [0.29, 0.717) is 17.9 Å². The van der Waals surface area contributed by atoms with Crippen LogP contribution in [0, 0.1) is 22.9 Å². The van der Waals surface area contributed by atoms with Crippen molar-refractivity contribution in [3.63, 3.8) is 0 Å². The van der Waals surface area contributed by atoms with Crippen LogP contribution in [0.4, 0.5) is 15.8 Å². The van der Waals surface area contributed by atoms with Crippen molar-refractivity contribution in [2.75, 3.05) is 24.5 Å². The Morgan fingerprint density at radius 2 is 1.70 bits per heavy atom. The number of hydrogen-bond donors (Lipinski definition) is 1. The molecule has 0 fully saturated rings. The summed E-state index contributed by atoms with van der Waals surface area (Å²) in [6.45, 7) is 4.79. The summed E-state index contributed by atoms with van der Waals surface area (Å²) >= 11 is 0. The van der Waals surface area contributed by atoms with Gasteiger partial charge in [0.05, 0.1) is 22.6 Å². The van der Waals surface area contributed by atoms with Gasteiger partial charge in [-0.2, -0.15) is 0 Å². The van der Waals surface area contributed by atoms with E-state index in [-0.39, 0.29) is 34.8 Å². The Bertz CT molecular complexity index is 1560. The van der Waals surface area contributed by atoms with Gasteiger partial charge in [0.1, 0.15) is 24.2 Å². The molecule has 0 aromatic heterocycles. The molecule has 0 aliphatic rings. The number of hydrogen-bond acceptors (Lipinski definition) is 7. The van der Waals surface area contributed by atoms with Gasteiger partial charge in [0.2, 0.25) is 11.8 Å². The highest BCUT2D eigenvalue weighted by Crippen LogP contribution is 2.29. The van der Waals surface area contributed by atoms with Crippen LogP contribution in [0.3, 0.4) is 0 Å². The summed E-state index contributed by atoms with van der Waals surface area (Å²) in [6.07, 6.45) is 1.81. The molecule has 0 aliphatic heterocycles. The minimum atomic E-state index is -4.53. The lowest BCUT2D eigenvalue weighted by Crippen LogP contribution is -2.52. The second-order valence-electron chi connectivity index (χ2n) is 10.1. The van der Waals surface area contributed by atoms with Crippen molar-refractivity contribution in [1.29, 1.82) is 0 Å². The van der Waals surface area contributed by atoms with Crippen LogP contribution in [0.5, 0.6) is 5.75 Å². The lowest BCUT2D eigenvalue weighted by atomic mass is 10.1. The van der Waals surface area contributed by atoms with Gasteiger partial charge in [-0.25, -0.2) is 12.8 Å². The molecule has 2 amide bonds. The number of carbonyl (C=O) groups is 2. The molecule has 236 valence electrons. The largest absolute Gasteiger partial charge is 0.497 e. The fourth-order valence-corrected chi connectivity index (χ4v) is 6.00. The van der Waals surface area contributed by atoms with E-state index in [9.17, 15) is 32.5 Å². The van der Waals surface area contributed by atoms with Crippen molar-refractivity contribution in [3.05, 3.63) is 93.8 Å². The summed E-state index contributed by atoms with van der Waals surface area (Å²) in [6, 6.07) is 14.0. The number of nitrogens with one attached hydrogen (secondary N) is 1. The smallest absolute Gasteiger partial charge is 0.273 e. The molecule has 1 N–H and O–H groups in total. The predicted octanol–water partition coefficient (Wildman–Crippen LogP) is 4.97. The van der Waals surface area contributed by atoms with E-state index >= 15 is 0 Å². The number of unbranched alkanes of at least 4 members (excludes halogenated alkanes) is 1. The van der Waals surface area contributed by atoms with E-state index in [2.05, 4.69) is 5.32 Å². The maximum Gasteiger partial charge on any atom is 0.273 e. The normalized spacial score (nSPS) is 11.8. The maximum absolute atomic E-state index is 14.1. The Kier molecular flexibility index (Phi) is 11.8. The van der Waals surface area contributed by atoms with Gasteiger partial charge in [0.25, 0.3) is 15.7 Å². The minimum Gasteiger partial charge on any atom is -0.497 e. The average molecular weight is 629 g/mol. The Morgan fingerprint density at radius 1 is 1.05 bits per heavy atom. The first-order chi connectivity index (χ1) is 20.9. The zero-order chi connectivity index (χ0) is 32.4. The summed E-state index contributed by atoms with van der Waals surface area (Å²) in [7, 11) is -3.09. The fourth-order valence-electron chi connectivity index (χ4n) is 4.56. The molecule has 1 atom stereocenters. The van der Waals surface area contributed by atoms with Crippen LogP contribution in [0.1, 0.15) is 44.2 Å². The topological polar surface area (TPSA) is 139 Å². The molecule has 0 saturated carbocycles. The van der Waals surface area contributed by atoms with E-state index in [1.165, 1.54) is 79.6 Å². The van der Waals surface area contributed by atoms with Gasteiger partial charge in [-0.05, 0) is 67.8 Å². The molecule has 0 bridgehead atoms. The molecular formula is C31H37FN4O7S. The van der Waals surface area contributed by atoms with Crippen molar-refractivity contribution in [1.82, 2.24) is 10.2 Å². The quantitative estimate of drug-likeness (QED) is 0.142. The number of carbonyl (C=O) groups excluding carboxylic acids is 2. The third kappa shape index (κ3) is 8.31. The molecule has 13 heteroatoms. The third-order valence-electron chi connectivity index (χ3n) is 7.09. The molecular weight excluding hydrogens is 591 g/mol. The zero-order valence-electron chi connectivity index (χ0n) is 25.2. The van der Waals surface area contributed by atoms with Crippen molar-refractivity contribution < 1.29 is 32.1 Å². The van der Waals surface area contributed by atoms with Gasteiger partial charge in [-0.3, -0.25) is 24.0 Å². The summed E-state index contributed by atoms with van der Waals surface area (Å²) in [5.41, 5.74) is 0.517. The van der Waals surface area contributed by atoms with Crippen LogP contribution < -0.4 is 14.4 Å². The maximum atomic E-state index is 14.1. The monoisotopic (exact) mass is 628 g/mol. The number of methoxy groups -OCH3 is 1. The molecule has 0 heterocycles. The lowest BCUT2D eigenvalue weighted by Gasteiger charge is -2.33. The Balaban J connectivity index is 2.09. The number of nitrogens with zero attached hydrogens (tertiary/aromatic N) is 3. The molecule has 1 unspecified atom stereocenters. The van der Waals surface area contributed by atoms with E-state index in [1.807, 2.05) is 6.92 Å². The second kappa shape index (κ2) is 15.3. The lowest BCUT2D eigenvalue weighted by molar-refractivity contribution is -0.385. The number of sulfonamides is 1. The molecule has 0 radical (unpaired) electrons. The number of anilines is 1.